The first kappa shape index (κ1) is 17.4. The van der Waals surface area contributed by atoms with Crippen molar-refractivity contribution in [3.8, 4) is 0 Å². The number of hydrogen-bond donors (Lipinski definition) is 2. The summed E-state index contributed by atoms with van der Waals surface area (Å²) in [6.45, 7) is 1.90. The predicted molar refractivity (Wildman–Crippen MR) is 87.0 cm³/mol. The number of nitrogens with one attached hydrogen (secondary N) is 2. The Balaban J connectivity index is 2.28. The minimum Gasteiger partial charge on any atom is -0.296 e. The van der Waals surface area contributed by atoms with Crippen molar-refractivity contribution in [2.45, 2.75) is 31.6 Å². The summed E-state index contributed by atoms with van der Waals surface area (Å²) in [6, 6.07) is 6.70. The lowest BCUT2D eigenvalue weighted by Gasteiger charge is -2.35. The average Bonchev–Trinajstić information content (AvgIpc) is 2.48. The number of carbonyl (C=O) groups is 2. The van der Waals surface area contributed by atoms with E-state index in [1.54, 1.807) is 24.3 Å². The highest BCUT2D eigenvalue weighted by Crippen LogP contribution is 2.36. The molecule has 1 aromatic rings. The molecule has 1 aliphatic rings. The van der Waals surface area contributed by atoms with E-state index >= 15 is 0 Å². The molecule has 0 aromatic heterocycles. The van der Waals surface area contributed by atoms with E-state index in [2.05, 4.69) is 10.0 Å². The molecule has 0 unspecified atom stereocenters. The smallest absolute Gasteiger partial charge is 0.296 e. The third-order valence-corrected chi connectivity index (χ3v) is 5.69. The second-order valence-corrected chi connectivity index (χ2v) is 7.66. The molecule has 23 heavy (non-hydrogen) atoms. The van der Waals surface area contributed by atoms with E-state index < -0.39 is 15.6 Å². The fraction of sp³-hybridized carbons (Fsp3) is 0.467. The Morgan fingerprint density at radius 3 is 2.30 bits per heavy atom. The predicted octanol–water partition coefficient (Wildman–Crippen LogP) is 0.989. The van der Waals surface area contributed by atoms with Crippen LogP contribution in [-0.4, -0.2) is 38.6 Å². The molecule has 0 spiro atoms. The first-order valence-corrected chi connectivity index (χ1v) is 8.80. The van der Waals surface area contributed by atoms with Crippen molar-refractivity contribution in [2.24, 2.45) is 0 Å². The molecule has 0 radical (unpaired) electrons. The molecule has 2 amide bonds. The van der Waals surface area contributed by atoms with E-state index in [4.69, 9.17) is 0 Å². The maximum Gasteiger partial charge on any atom is 0.301 e. The molecule has 1 aromatic carbocycles. The number of nitrogens with zero attached hydrogens (tertiary/aromatic N) is 1. The first-order chi connectivity index (χ1) is 10.7. The average molecular weight is 339 g/mol. The number of anilines is 1. The summed E-state index contributed by atoms with van der Waals surface area (Å²) in [7, 11) is -0.695. The highest BCUT2D eigenvalue weighted by molar-refractivity contribution is 7.90. The van der Waals surface area contributed by atoms with Gasteiger partial charge in [0.05, 0.1) is 5.41 Å². The Labute approximate surface area is 136 Å². The summed E-state index contributed by atoms with van der Waals surface area (Å²) in [4.78, 5) is 23.7. The Hall–Kier alpha value is -1.93. The lowest BCUT2D eigenvalue weighted by molar-refractivity contribution is -0.138. The topological polar surface area (TPSA) is 95.6 Å². The Morgan fingerprint density at radius 2 is 1.83 bits per heavy atom. The van der Waals surface area contributed by atoms with Crippen molar-refractivity contribution in [1.82, 2.24) is 9.62 Å². The van der Waals surface area contributed by atoms with Gasteiger partial charge in [0.25, 0.3) is 0 Å². The van der Waals surface area contributed by atoms with Gasteiger partial charge in [-0.05, 0) is 30.5 Å². The lowest BCUT2D eigenvalue weighted by Crippen LogP contribution is -2.51. The highest BCUT2D eigenvalue weighted by Gasteiger charge is 2.42. The number of amides is 2. The van der Waals surface area contributed by atoms with Crippen LogP contribution in [-0.2, 0) is 25.2 Å². The molecule has 0 aliphatic carbocycles. The summed E-state index contributed by atoms with van der Waals surface area (Å²) >= 11 is 0. The van der Waals surface area contributed by atoms with Crippen molar-refractivity contribution in [3.63, 3.8) is 0 Å². The van der Waals surface area contributed by atoms with Crippen molar-refractivity contribution < 1.29 is 18.0 Å². The van der Waals surface area contributed by atoms with E-state index in [9.17, 15) is 18.0 Å². The van der Waals surface area contributed by atoms with Crippen molar-refractivity contribution in [2.75, 3.05) is 18.8 Å². The summed E-state index contributed by atoms with van der Waals surface area (Å²) in [6.07, 6.45) is 1.32. The Bertz CT molecular complexity index is 713. The number of hydrogen-bond acceptors (Lipinski definition) is 4. The second-order valence-electron chi connectivity index (χ2n) is 5.78. The van der Waals surface area contributed by atoms with Crippen LogP contribution in [0.25, 0.3) is 0 Å². The third-order valence-electron chi connectivity index (χ3n) is 4.24. The maximum atomic E-state index is 12.3. The number of benzene rings is 1. The molecule has 1 aliphatic heterocycles. The van der Waals surface area contributed by atoms with Gasteiger partial charge in [-0.25, -0.2) is 0 Å². The van der Waals surface area contributed by atoms with Crippen LogP contribution in [0.3, 0.4) is 0 Å². The molecule has 0 bridgehead atoms. The van der Waals surface area contributed by atoms with Crippen molar-refractivity contribution >= 4 is 27.7 Å². The van der Waals surface area contributed by atoms with Crippen LogP contribution in [0.15, 0.2) is 24.3 Å². The van der Waals surface area contributed by atoms with Crippen molar-refractivity contribution in [3.05, 3.63) is 29.8 Å². The van der Waals surface area contributed by atoms with Gasteiger partial charge in [0.15, 0.2) is 0 Å². The van der Waals surface area contributed by atoms with Crippen LogP contribution in [0.2, 0.25) is 0 Å². The Morgan fingerprint density at radius 1 is 1.22 bits per heavy atom. The number of imide groups is 1. The fourth-order valence-electron chi connectivity index (χ4n) is 2.66. The van der Waals surface area contributed by atoms with Crippen LogP contribution in [0.5, 0.6) is 0 Å². The number of rotatable bonds is 5. The molecular formula is C15H21N3O4S. The second kappa shape index (κ2) is 6.29. The summed E-state index contributed by atoms with van der Waals surface area (Å²) in [5, 5.41) is 2.39. The zero-order valence-corrected chi connectivity index (χ0v) is 14.2. The van der Waals surface area contributed by atoms with E-state index in [-0.39, 0.29) is 11.8 Å². The molecular weight excluding hydrogens is 318 g/mol. The highest BCUT2D eigenvalue weighted by atomic mass is 32.2. The van der Waals surface area contributed by atoms with E-state index in [1.807, 2.05) is 6.92 Å². The quantitative estimate of drug-likeness (QED) is 0.782. The maximum absolute atomic E-state index is 12.3. The SMILES string of the molecule is CC[C@]1(c2ccc(NS(=O)(=O)N(C)C)cc2)CCC(=O)NC1=O. The van der Waals surface area contributed by atoms with Gasteiger partial charge in [-0.1, -0.05) is 19.1 Å². The molecule has 1 saturated heterocycles. The lowest BCUT2D eigenvalue weighted by atomic mass is 9.72. The normalized spacial score (nSPS) is 22.1. The van der Waals surface area contributed by atoms with Gasteiger partial charge in [0.1, 0.15) is 0 Å². The molecule has 8 heteroatoms. The summed E-state index contributed by atoms with van der Waals surface area (Å²) in [5.74, 6) is -0.549. The van der Waals surface area contributed by atoms with Gasteiger partial charge in [0, 0.05) is 26.2 Å². The fourth-order valence-corrected chi connectivity index (χ4v) is 3.28. The molecule has 126 valence electrons. The number of piperidine rings is 1. The minimum absolute atomic E-state index is 0.255. The molecule has 2 rings (SSSR count). The van der Waals surface area contributed by atoms with Gasteiger partial charge < -0.3 is 0 Å². The van der Waals surface area contributed by atoms with Crippen LogP contribution in [0, 0.1) is 0 Å². The van der Waals surface area contributed by atoms with E-state index in [0.29, 0.717) is 24.9 Å². The summed E-state index contributed by atoms with van der Waals surface area (Å²) < 4.78 is 27.1. The van der Waals surface area contributed by atoms with Gasteiger partial charge in [-0.3, -0.25) is 19.6 Å². The van der Waals surface area contributed by atoms with E-state index in [1.165, 1.54) is 14.1 Å². The molecule has 0 saturated carbocycles. The van der Waals surface area contributed by atoms with Crippen LogP contribution < -0.4 is 10.0 Å². The van der Waals surface area contributed by atoms with Crippen molar-refractivity contribution in [1.29, 1.82) is 0 Å². The zero-order chi connectivity index (χ0) is 17.3. The van der Waals surface area contributed by atoms with Gasteiger partial charge in [-0.15, -0.1) is 0 Å². The van der Waals surface area contributed by atoms with E-state index in [0.717, 1.165) is 9.87 Å². The minimum atomic E-state index is -3.57. The molecule has 1 fully saturated rings. The van der Waals surface area contributed by atoms with Gasteiger partial charge >= 0.3 is 10.2 Å². The molecule has 1 heterocycles. The van der Waals surface area contributed by atoms with Gasteiger partial charge in [-0.2, -0.15) is 12.7 Å². The zero-order valence-electron chi connectivity index (χ0n) is 13.4. The molecule has 1 atom stereocenters. The Kier molecular flexibility index (Phi) is 4.76. The standard InChI is InChI=1S/C15H21N3O4S/c1-4-15(10-9-13(19)16-14(15)20)11-5-7-12(8-6-11)17-23(21,22)18(2)3/h5-8,17H,4,9-10H2,1-3H3,(H,16,19,20)/t15-/m1/s1. The monoisotopic (exact) mass is 339 g/mol. The largest absolute Gasteiger partial charge is 0.301 e. The summed E-state index contributed by atoms with van der Waals surface area (Å²) in [5.41, 5.74) is 0.450. The van der Waals surface area contributed by atoms with Crippen LogP contribution in [0.4, 0.5) is 5.69 Å². The van der Waals surface area contributed by atoms with Crippen LogP contribution in [0.1, 0.15) is 31.7 Å². The molecule has 2 N–H and O–H groups in total. The number of carbonyl (C=O) groups excluding carboxylic acids is 2. The molecule has 7 nitrogen and oxygen atoms in total. The first-order valence-electron chi connectivity index (χ1n) is 7.36. The van der Waals surface area contributed by atoms with Gasteiger partial charge in [0.2, 0.25) is 11.8 Å². The third kappa shape index (κ3) is 3.37. The van der Waals surface area contributed by atoms with Crippen LogP contribution >= 0.6 is 0 Å².